The van der Waals surface area contributed by atoms with Crippen LogP contribution >= 0.6 is 24.1 Å². The molecule has 0 unspecified atom stereocenters. The summed E-state index contributed by atoms with van der Waals surface area (Å²) in [6, 6.07) is 9.81. The summed E-state index contributed by atoms with van der Waals surface area (Å²) in [6.07, 6.45) is 1.49. The van der Waals surface area contributed by atoms with Crippen LogP contribution in [0.15, 0.2) is 36.5 Å². The second-order valence-corrected chi connectivity index (χ2v) is 4.35. The van der Waals surface area contributed by atoms with Crippen LogP contribution in [0.1, 0.15) is 16.1 Å². The molecule has 0 saturated heterocycles. The van der Waals surface area contributed by atoms with Gasteiger partial charge in [-0.25, -0.2) is 0 Å². The molecule has 1 heterocycles. The Hall–Kier alpha value is -1.50. The molecule has 0 aliphatic carbocycles. The molecule has 5 nitrogen and oxygen atoms in total. The molecule has 19 heavy (non-hydrogen) atoms. The summed E-state index contributed by atoms with van der Waals surface area (Å²) in [5.74, 6) is -0.127. The van der Waals surface area contributed by atoms with Gasteiger partial charge in [-0.05, 0) is 5.56 Å². The molecule has 0 bridgehead atoms. The number of amides is 1. The van der Waals surface area contributed by atoms with E-state index in [9.17, 15) is 4.79 Å². The van der Waals surface area contributed by atoms with Crippen LogP contribution in [0, 0.1) is 0 Å². The summed E-state index contributed by atoms with van der Waals surface area (Å²) in [4.78, 5) is 13.9. The molecular weight excluding hydrogens is 284 g/mol. The normalized spacial score (nSPS) is 9.74. The number of nitrogens with two attached hydrogens (primary N) is 1. The van der Waals surface area contributed by atoms with Gasteiger partial charge in [0.1, 0.15) is 0 Å². The predicted molar refractivity (Wildman–Crippen MR) is 77.4 cm³/mol. The molecule has 0 fully saturated rings. The fourth-order valence-corrected chi connectivity index (χ4v) is 2.04. The van der Waals surface area contributed by atoms with Gasteiger partial charge >= 0.3 is 0 Å². The molecule has 0 spiro atoms. The van der Waals surface area contributed by atoms with Crippen LogP contribution in [0.4, 0.5) is 0 Å². The van der Waals surface area contributed by atoms with E-state index in [1.165, 1.54) is 6.20 Å². The average molecular weight is 299 g/mol. The van der Waals surface area contributed by atoms with E-state index in [2.05, 4.69) is 8.75 Å². The van der Waals surface area contributed by atoms with Gasteiger partial charge < -0.3 is 10.6 Å². The van der Waals surface area contributed by atoms with Crippen molar-refractivity contribution in [3.05, 3.63) is 47.8 Å². The maximum Gasteiger partial charge on any atom is 0.275 e. The first-order chi connectivity index (χ1) is 8.81. The smallest absolute Gasteiger partial charge is 0.275 e. The second kappa shape index (κ2) is 7.83. The largest absolute Gasteiger partial charge is 0.332 e. The van der Waals surface area contributed by atoms with Gasteiger partial charge in [-0.1, -0.05) is 30.3 Å². The lowest BCUT2D eigenvalue weighted by Gasteiger charge is -2.20. The zero-order valence-electron chi connectivity index (χ0n) is 10.2. The van der Waals surface area contributed by atoms with Crippen molar-refractivity contribution in [1.29, 1.82) is 0 Å². The van der Waals surface area contributed by atoms with Crippen molar-refractivity contribution in [3.8, 4) is 0 Å². The first-order valence-electron chi connectivity index (χ1n) is 5.62. The lowest BCUT2D eigenvalue weighted by atomic mass is 10.2. The molecule has 1 aromatic heterocycles. The maximum atomic E-state index is 12.2. The fourth-order valence-electron chi connectivity index (χ4n) is 1.63. The Morgan fingerprint density at radius 2 is 2.05 bits per heavy atom. The van der Waals surface area contributed by atoms with Gasteiger partial charge in [0.05, 0.1) is 17.9 Å². The van der Waals surface area contributed by atoms with Crippen LogP contribution in [-0.4, -0.2) is 32.6 Å². The van der Waals surface area contributed by atoms with E-state index >= 15 is 0 Å². The highest BCUT2D eigenvalue weighted by molar-refractivity contribution is 6.99. The van der Waals surface area contributed by atoms with Gasteiger partial charge in [0, 0.05) is 19.6 Å². The molecule has 1 amide bonds. The minimum atomic E-state index is -0.127. The summed E-state index contributed by atoms with van der Waals surface area (Å²) >= 11 is 1.03. The number of aromatic nitrogens is 2. The topological polar surface area (TPSA) is 72.1 Å². The Labute approximate surface area is 122 Å². The zero-order chi connectivity index (χ0) is 12.8. The van der Waals surface area contributed by atoms with Gasteiger partial charge in [0.15, 0.2) is 5.69 Å². The van der Waals surface area contributed by atoms with E-state index in [4.69, 9.17) is 5.73 Å². The molecule has 0 radical (unpaired) electrons. The maximum absolute atomic E-state index is 12.2. The highest BCUT2D eigenvalue weighted by Gasteiger charge is 2.17. The molecular formula is C12H15ClN4OS. The highest BCUT2D eigenvalue weighted by atomic mass is 35.5. The van der Waals surface area contributed by atoms with Crippen LogP contribution in [0.2, 0.25) is 0 Å². The minimum Gasteiger partial charge on any atom is -0.332 e. The number of nitrogens with zero attached hydrogens (tertiary/aromatic N) is 3. The Balaban J connectivity index is 0.00000180. The summed E-state index contributed by atoms with van der Waals surface area (Å²) in [5.41, 5.74) is 7.00. The van der Waals surface area contributed by atoms with Crippen molar-refractivity contribution in [2.75, 3.05) is 13.1 Å². The molecule has 102 valence electrons. The van der Waals surface area contributed by atoms with Crippen molar-refractivity contribution in [2.45, 2.75) is 6.54 Å². The van der Waals surface area contributed by atoms with Gasteiger partial charge in [-0.3, -0.25) is 4.79 Å². The molecule has 2 rings (SSSR count). The summed E-state index contributed by atoms with van der Waals surface area (Å²) in [6.45, 7) is 1.47. The first-order valence-corrected chi connectivity index (χ1v) is 6.35. The van der Waals surface area contributed by atoms with Crippen LogP contribution in [0.3, 0.4) is 0 Å². The number of halogens is 1. The van der Waals surface area contributed by atoms with Gasteiger partial charge in [-0.15, -0.1) is 12.4 Å². The Bertz CT molecular complexity index is 492. The SMILES string of the molecule is Cl.NCCN(Cc1ccccc1)C(=O)c1cnsn1. The van der Waals surface area contributed by atoms with Crippen molar-refractivity contribution < 1.29 is 4.79 Å². The molecule has 0 saturated carbocycles. The van der Waals surface area contributed by atoms with Gasteiger partial charge in [0.2, 0.25) is 0 Å². The van der Waals surface area contributed by atoms with Gasteiger partial charge in [-0.2, -0.15) is 8.75 Å². The van der Waals surface area contributed by atoms with E-state index in [0.29, 0.717) is 25.3 Å². The van der Waals surface area contributed by atoms with E-state index in [1.807, 2.05) is 30.3 Å². The van der Waals surface area contributed by atoms with Crippen molar-refractivity contribution >= 4 is 30.0 Å². The van der Waals surface area contributed by atoms with Crippen molar-refractivity contribution in [3.63, 3.8) is 0 Å². The minimum absolute atomic E-state index is 0. The highest BCUT2D eigenvalue weighted by Crippen LogP contribution is 2.08. The summed E-state index contributed by atoms with van der Waals surface area (Å²) in [7, 11) is 0. The quantitative estimate of drug-likeness (QED) is 0.909. The number of benzene rings is 1. The second-order valence-electron chi connectivity index (χ2n) is 3.79. The predicted octanol–water partition coefficient (Wildman–Crippen LogP) is 1.56. The molecule has 7 heteroatoms. The third-order valence-corrected chi connectivity index (χ3v) is 2.96. The lowest BCUT2D eigenvalue weighted by Crippen LogP contribution is -2.35. The van der Waals surface area contributed by atoms with Gasteiger partial charge in [0.25, 0.3) is 5.91 Å². The Morgan fingerprint density at radius 3 is 2.63 bits per heavy atom. The third kappa shape index (κ3) is 4.27. The Morgan fingerprint density at radius 1 is 1.32 bits per heavy atom. The number of hydrogen-bond donors (Lipinski definition) is 1. The first kappa shape index (κ1) is 15.6. The molecule has 2 N–H and O–H groups in total. The number of rotatable bonds is 5. The third-order valence-electron chi connectivity index (χ3n) is 2.48. The monoisotopic (exact) mass is 298 g/mol. The molecule has 2 aromatic rings. The van der Waals surface area contributed by atoms with E-state index in [-0.39, 0.29) is 18.3 Å². The van der Waals surface area contributed by atoms with Crippen LogP contribution in [0.5, 0.6) is 0 Å². The molecule has 0 aliphatic heterocycles. The Kier molecular flexibility index (Phi) is 6.41. The molecule has 1 aromatic carbocycles. The number of hydrogen-bond acceptors (Lipinski definition) is 5. The van der Waals surface area contributed by atoms with Crippen LogP contribution < -0.4 is 5.73 Å². The number of carbonyl (C=O) groups excluding carboxylic acids is 1. The fraction of sp³-hybridized carbons (Fsp3) is 0.250. The number of carbonyl (C=O) groups is 1. The summed E-state index contributed by atoms with van der Waals surface area (Å²) in [5, 5.41) is 0. The average Bonchev–Trinajstić information content (AvgIpc) is 2.92. The summed E-state index contributed by atoms with van der Waals surface area (Å²) < 4.78 is 7.80. The molecule has 0 atom stereocenters. The standard InChI is InChI=1S/C12H14N4OS.ClH/c13-6-7-16(9-10-4-2-1-3-5-10)12(17)11-8-14-18-15-11;/h1-5,8H,6-7,9,13H2;1H. The van der Waals surface area contributed by atoms with Crippen molar-refractivity contribution in [1.82, 2.24) is 13.6 Å². The van der Waals surface area contributed by atoms with E-state index in [0.717, 1.165) is 17.3 Å². The van der Waals surface area contributed by atoms with Crippen molar-refractivity contribution in [2.24, 2.45) is 5.73 Å². The zero-order valence-corrected chi connectivity index (χ0v) is 11.9. The van der Waals surface area contributed by atoms with Crippen LogP contribution in [-0.2, 0) is 6.54 Å². The van der Waals surface area contributed by atoms with E-state index < -0.39 is 0 Å². The van der Waals surface area contributed by atoms with E-state index in [1.54, 1.807) is 4.90 Å². The molecule has 0 aliphatic rings. The lowest BCUT2D eigenvalue weighted by molar-refractivity contribution is 0.0743. The van der Waals surface area contributed by atoms with Crippen LogP contribution in [0.25, 0.3) is 0 Å².